The van der Waals surface area contributed by atoms with E-state index in [1.807, 2.05) is 0 Å². The van der Waals surface area contributed by atoms with Gasteiger partial charge in [-0.2, -0.15) is 0 Å². The zero-order valence-electron chi connectivity index (χ0n) is 8.59. The van der Waals surface area contributed by atoms with Crippen LogP contribution in [-0.2, 0) is 4.79 Å². The van der Waals surface area contributed by atoms with E-state index < -0.39 is 0 Å². The van der Waals surface area contributed by atoms with Crippen molar-refractivity contribution >= 4 is 5.78 Å². The smallest absolute Gasteiger partial charge is 0.137 e. The van der Waals surface area contributed by atoms with Gasteiger partial charge in [0.2, 0.25) is 0 Å². The summed E-state index contributed by atoms with van der Waals surface area (Å²) in [6.07, 6.45) is 6.67. The van der Waals surface area contributed by atoms with Gasteiger partial charge >= 0.3 is 0 Å². The van der Waals surface area contributed by atoms with E-state index in [0.29, 0.717) is 18.2 Å². The Balaban J connectivity index is 2.25. The molecule has 2 heteroatoms. The SMILES string of the molecule is CCCC(CN)C(=O)CC1CCC1. The van der Waals surface area contributed by atoms with Gasteiger partial charge in [-0.05, 0) is 12.3 Å². The van der Waals surface area contributed by atoms with Crippen molar-refractivity contribution in [2.24, 2.45) is 17.6 Å². The minimum atomic E-state index is 0.144. The standard InChI is InChI=1S/C11H21NO/c1-2-4-10(8-12)11(13)7-9-5-3-6-9/h9-10H,2-8,12H2,1H3. The number of rotatable bonds is 6. The lowest BCUT2D eigenvalue weighted by Gasteiger charge is -2.26. The summed E-state index contributed by atoms with van der Waals surface area (Å²) in [4.78, 5) is 11.7. The molecule has 0 radical (unpaired) electrons. The van der Waals surface area contributed by atoms with Gasteiger partial charge < -0.3 is 5.73 Å². The van der Waals surface area contributed by atoms with Crippen molar-refractivity contribution in [3.8, 4) is 0 Å². The van der Waals surface area contributed by atoms with Crippen LogP contribution in [0.1, 0.15) is 45.4 Å². The minimum Gasteiger partial charge on any atom is -0.330 e. The third kappa shape index (κ3) is 3.11. The fraction of sp³-hybridized carbons (Fsp3) is 0.909. The molecule has 76 valence electrons. The summed E-state index contributed by atoms with van der Waals surface area (Å²) in [6.45, 7) is 2.65. The van der Waals surface area contributed by atoms with Gasteiger partial charge in [0.1, 0.15) is 5.78 Å². The topological polar surface area (TPSA) is 43.1 Å². The van der Waals surface area contributed by atoms with Gasteiger partial charge in [0, 0.05) is 18.9 Å². The van der Waals surface area contributed by atoms with E-state index in [4.69, 9.17) is 5.73 Å². The summed E-state index contributed by atoms with van der Waals surface area (Å²) in [5, 5.41) is 0. The van der Waals surface area contributed by atoms with Gasteiger partial charge in [-0.1, -0.05) is 32.6 Å². The summed E-state index contributed by atoms with van der Waals surface area (Å²) in [6, 6.07) is 0. The van der Waals surface area contributed by atoms with Crippen molar-refractivity contribution in [2.45, 2.75) is 45.4 Å². The van der Waals surface area contributed by atoms with Crippen molar-refractivity contribution in [3.63, 3.8) is 0 Å². The first-order chi connectivity index (χ1) is 6.27. The molecule has 0 saturated heterocycles. The maximum absolute atomic E-state index is 11.7. The van der Waals surface area contributed by atoms with Gasteiger partial charge in [-0.25, -0.2) is 0 Å². The number of Topliss-reactive ketones (excluding diaryl/α,β-unsaturated/α-hetero) is 1. The molecule has 1 fully saturated rings. The van der Waals surface area contributed by atoms with E-state index in [2.05, 4.69) is 6.92 Å². The van der Waals surface area contributed by atoms with Crippen LogP contribution in [0, 0.1) is 11.8 Å². The molecule has 1 unspecified atom stereocenters. The largest absolute Gasteiger partial charge is 0.330 e. The van der Waals surface area contributed by atoms with E-state index in [1.165, 1.54) is 19.3 Å². The van der Waals surface area contributed by atoms with Gasteiger partial charge in [-0.15, -0.1) is 0 Å². The van der Waals surface area contributed by atoms with Crippen LogP contribution in [0.15, 0.2) is 0 Å². The molecule has 0 aromatic rings. The molecule has 1 aliphatic carbocycles. The summed E-state index contributed by atoms with van der Waals surface area (Å²) in [7, 11) is 0. The van der Waals surface area contributed by atoms with E-state index in [0.717, 1.165) is 19.3 Å². The van der Waals surface area contributed by atoms with Crippen LogP contribution in [0.5, 0.6) is 0 Å². The van der Waals surface area contributed by atoms with Crippen molar-refractivity contribution in [2.75, 3.05) is 6.54 Å². The molecule has 0 bridgehead atoms. The Labute approximate surface area is 80.9 Å². The molecule has 0 aromatic carbocycles. The lowest BCUT2D eigenvalue weighted by Crippen LogP contribution is -2.27. The number of carbonyl (C=O) groups excluding carboxylic acids is 1. The molecular formula is C11H21NO. The van der Waals surface area contributed by atoms with E-state index in [-0.39, 0.29) is 5.92 Å². The maximum Gasteiger partial charge on any atom is 0.137 e. The van der Waals surface area contributed by atoms with Crippen LogP contribution in [0.3, 0.4) is 0 Å². The van der Waals surface area contributed by atoms with Crippen molar-refractivity contribution in [3.05, 3.63) is 0 Å². The first-order valence-electron chi connectivity index (χ1n) is 5.50. The van der Waals surface area contributed by atoms with E-state index in [9.17, 15) is 4.79 Å². The average Bonchev–Trinajstić information content (AvgIpc) is 2.07. The second kappa shape index (κ2) is 5.38. The third-order valence-electron chi connectivity index (χ3n) is 3.09. The lowest BCUT2D eigenvalue weighted by molar-refractivity contribution is -0.124. The summed E-state index contributed by atoms with van der Waals surface area (Å²) < 4.78 is 0. The Morgan fingerprint density at radius 1 is 1.54 bits per heavy atom. The highest BCUT2D eigenvalue weighted by atomic mass is 16.1. The molecule has 1 saturated carbocycles. The Morgan fingerprint density at radius 3 is 2.62 bits per heavy atom. The zero-order valence-corrected chi connectivity index (χ0v) is 8.59. The molecule has 13 heavy (non-hydrogen) atoms. The fourth-order valence-electron chi connectivity index (χ4n) is 1.91. The Morgan fingerprint density at radius 2 is 2.23 bits per heavy atom. The molecule has 0 amide bonds. The number of carbonyl (C=O) groups is 1. The van der Waals surface area contributed by atoms with Gasteiger partial charge in [0.15, 0.2) is 0 Å². The van der Waals surface area contributed by atoms with E-state index >= 15 is 0 Å². The second-order valence-electron chi connectivity index (χ2n) is 4.19. The normalized spacial score (nSPS) is 19.5. The Bertz CT molecular complexity index is 163. The molecule has 1 rings (SSSR count). The molecule has 1 atom stereocenters. The molecule has 0 aliphatic heterocycles. The van der Waals surface area contributed by atoms with Crippen LogP contribution in [0.25, 0.3) is 0 Å². The first kappa shape index (κ1) is 10.7. The summed E-state index contributed by atoms with van der Waals surface area (Å²) >= 11 is 0. The Kier molecular flexibility index (Phi) is 4.43. The molecule has 2 N–H and O–H groups in total. The summed E-state index contributed by atoms with van der Waals surface area (Å²) in [5.74, 6) is 1.25. The van der Waals surface area contributed by atoms with Crippen LogP contribution >= 0.6 is 0 Å². The minimum absolute atomic E-state index is 0.144. The monoisotopic (exact) mass is 183 g/mol. The number of hydrogen-bond acceptors (Lipinski definition) is 2. The van der Waals surface area contributed by atoms with Crippen molar-refractivity contribution in [1.29, 1.82) is 0 Å². The van der Waals surface area contributed by atoms with Crippen LogP contribution in [0.4, 0.5) is 0 Å². The molecule has 0 aromatic heterocycles. The number of nitrogens with two attached hydrogens (primary N) is 1. The molecule has 2 nitrogen and oxygen atoms in total. The number of ketones is 1. The molecule has 1 aliphatic rings. The maximum atomic E-state index is 11.7. The summed E-state index contributed by atoms with van der Waals surface area (Å²) in [5.41, 5.74) is 5.57. The fourth-order valence-corrected chi connectivity index (χ4v) is 1.91. The zero-order chi connectivity index (χ0) is 9.68. The number of hydrogen-bond donors (Lipinski definition) is 1. The van der Waals surface area contributed by atoms with Crippen LogP contribution in [0.2, 0.25) is 0 Å². The predicted molar refractivity (Wildman–Crippen MR) is 54.4 cm³/mol. The third-order valence-corrected chi connectivity index (χ3v) is 3.09. The molecule has 0 spiro atoms. The molecular weight excluding hydrogens is 162 g/mol. The predicted octanol–water partition coefficient (Wildman–Crippen LogP) is 2.12. The molecule has 0 heterocycles. The van der Waals surface area contributed by atoms with Gasteiger partial charge in [-0.3, -0.25) is 4.79 Å². The van der Waals surface area contributed by atoms with Crippen molar-refractivity contribution in [1.82, 2.24) is 0 Å². The van der Waals surface area contributed by atoms with Gasteiger partial charge in [0.25, 0.3) is 0 Å². The van der Waals surface area contributed by atoms with Crippen LogP contribution < -0.4 is 5.73 Å². The van der Waals surface area contributed by atoms with Crippen LogP contribution in [-0.4, -0.2) is 12.3 Å². The highest BCUT2D eigenvalue weighted by molar-refractivity contribution is 5.81. The Hall–Kier alpha value is -0.370. The quantitative estimate of drug-likeness (QED) is 0.685. The average molecular weight is 183 g/mol. The first-order valence-corrected chi connectivity index (χ1v) is 5.50. The van der Waals surface area contributed by atoms with E-state index in [1.54, 1.807) is 0 Å². The highest BCUT2D eigenvalue weighted by Gasteiger charge is 2.24. The van der Waals surface area contributed by atoms with Gasteiger partial charge in [0.05, 0.1) is 0 Å². The van der Waals surface area contributed by atoms with Crippen molar-refractivity contribution < 1.29 is 4.79 Å². The highest BCUT2D eigenvalue weighted by Crippen LogP contribution is 2.30. The lowest BCUT2D eigenvalue weighted by atomic mass is 9.79. The second-order valence-corrected chi connectivity index (χ2v) is 4.19.